The Balaban J connectivity index is 1.43. The molecule has 1 fully saturated rings. The predicted octanol–water partition coefficient (Wildman–Crippen LogP) is 3.80. The van der Waals surface area contributed by atoms with Crippen LogP contribution in [0.4, 0.5) is 4.39 Å². The summed E-state index contributed by atoms with van der Waals surface area (Å²) in [6.07, 6.45) is 5.32. The van der Waals surface area contributed by atoms with Crippen molar-refractivity contribution in [2.75, 3.05) is 26.8 Å². The Morgan fingerprint density at radius 1 is 1.15 bits per heavy atom. The number of rotatable bonds is 9. The van der Waals surface area contributed by atoms with E-state index in [0.29, 0.717) is 13.0 Å². The Labute approximate surface area is 197 Å². The van der Waals surface area contributed by atoms with Gasteiger partial charge in [0, 0.05) is 56.8 Å². The highest BCUT2D eigenvalue weighted by Gasteiger charge is 2.27. The van der Waals surface area contributed by atoms with Gasteiger partial charge in [0.15, 0.2) is 0 Å². The van der Waals surface area contributed by atoms with E-state index in [1.165, 1.54) is 22.8 Å². The Bertz CT molecular complexity index is 1080. The summed E-state index contributed by atoms with van der Waals surface area (Å²) in [4.78, 5) is 15.0. The number of aromatic nitrogens is 1. The number of fused-ring (bicyclic) bond motifs is 1. The van der Waals surface area contributed by atoms with Crippen molar-refractivity contribution in [3.05, 3.63) is 65.6 Å². The number of amides is 1. The fourth-order valence-corrected chi connectivity index (χ4v) is 5.01. The first-order valence-electron chi connectivity index (χ1n) is 12.2. The van der Waals surface area contributed by atoms with Gasteiger partial charge in [0.25, 0.3) is 0 Å². The highest BCUT2D eigenvalue weighted by Crippen LogP contribution is 2.32. The number of nitrogens with zero attached hydrogens (tertiary/aromatic N) is 2. The number of methoxy groups -OCH3 is 1. The summed E-state index contributed by atoms with van der Waals surface area (Å²) in [5, 5.41) is 1.06. The molecule has 4 rings (SSSR count). The summed E-state index contributed by atoms with van der Waals surface area (Å²) in [5.74, 6) is 0.312. The van der Waals surface area contributed by atoms with Crippen molar-refractivity contribution in [2.24, 2.45) is 0 Å². The zero-order chi connectivity index (χ0) is 23.2. The van der Waals surface area contributed by atoms with E-state index in [4.69, 9.17) is 4.74 Å². The first kappa shape index (κ1) is 23.6. The second-order valence-corrected chi connectivity index (χ2v) is 9.29. The van der Waals surface area contributed by atoms with Crippen LogP contribution in [0, 0.1) is 5.82 Å². The SMILES string of the molecule is Bc1ccc(CCCC(=O)N2CCCC(c3cc4ccc(F)cc4n3CCCOC)C2)cc1. The standard InChI is InChI=1S/C27H34BFN2O2/c1-33-16-4-15-31-25(17-21-10-13-24(29)18-26(21)31)22-6-3-14-30(19-22)27(32)7-2-5-20-8-11-23(28)12-9-20/h8-13,17-18,22H,2-7,14-16,19,28H2,1H3. The van der Waals surface area contributed by atoms with E-state index in [1.54, 1.807) is 13.2 Å². The van der Waals surface area contributed by atoms with Gasteiger partial charge in [-0.05, 0) is 61.9 Å². The van der Waals surface area contributed by atoms with Gasteiger partial charge in [-0.25, -0.2) is 4.39 Å². The molecule has 0 spiro atoms. The Morgan fingerprint density at radius 2 is 1.97 bits per heavy atom. The number of ether oxygens (including phenoxy) is 1. The molecular weight excluding hydrogens is 414 g/mol. The molecule has 2 aromatic carbocycles. The van der Waals surface area contributed by atoms with Gasteiger partial charge in [0.05, 0.1) is 5.52 Å². The largest absolute Gasteiger partial charge is 0.385 e. The summed E-state index contributed by atoms with van der Waals surface area (Å²) in [6.45, 7) is 3.03. The van der Waals surface area contributed by atoms with Gasteiger partial charge in [0.2, 0.25) is 5.91 Å². The molecule has 1 aromatic heterocycles. The Kier molecular flexibility index (Phi) is 7.87. The van der Waals surface area contributed by atoms with E-state index < -0.39 is 0 Å². The van der Waals surface area contributed by atoms with Crippen molar-refractivity contribution in [2.45, 2.75) is 51.0 Å². The molecule has 0 bridgehead atoms. The third-order valence-corrected chi connectivity index (χ3v) is 6.80. The van der Waals surface area contributed by atoms with Gasteiger partial charge in [-0.3, -0.25) is 4.79 Å². The van der Waals surface area contributed by atoms with Crippen LogP contribution in [-0.4, -0.2) is 50.0 Å². The van der Waals surface area contributed by atoms with Gasteiger partial charge in [-0.2, -0.15) is 0 Å². The molecular formula is C27H34BFN2O2. The topological polar surface area (TPSA) is 34.5 Å². The molecule has 0 saturated carbocycles. The second-order valence-electron chi connectivity index (χ2n) is 9.29. The lowest BCUT2D eigenvalue weighted by Crippen LogP contribution is -2.39. The monoisotopic (exact) mass is 448 g/mol. The Morgan fingerprint density at radius 3 is 2.76 bits per heavy atom. The summed E-state index contributed by atoms with van der Waals surface area (Å²) in [7, 11) is 3.80. The van der Waals surface area contributed by atoms with Crippen molar-refractivity contribution in [1.82, 2.24) is 9.47 Å². The van der Waals surface area contributed by atoms with E-state index >= 15 is 0 Å². The summed E-state index contributed by atoms with van der Waals surface area (Å²) >= 11 is 0. The van der Waals surface area contributed by atoms with E-state index in [9.17, 15) is 9.18 Å². The smallest absolute Gasteiger partial charge is 0.222 e. The lowest BCUT2D eigenvalue weighted by molar-refractivity contribution is -0.132. The molecule has 0 radical (unpaired) electrons. The normalized spacial score (nSPS) is 16.4. The van der Waals surface area contributed by atoms with Crippen molar-refractivity contribution < 1.29 is 13.9 Å². The summed E-state index contributed by atoms with van der Waals surface area (Å²) in [5.41, 5.74) is 4.70. The maximum absolute atomic E-state index is 14.0. The fraction of sp³-hybridized carbons (Fsp3) is 0.444. The zero-order valence-corrected chi connectivity index (χ0v) is 19.9. The van der Waals surface area contributed by atoms with Crippen molar-refractivity contribution in [3.63, 3.8) is 0 Å². The first-order valence-corrected chi connectivity index (χ1v) is 12.2. The third-order valence-electron chi connectivity index (χ3n) is 6.80. The number of piperidine rings is 1. The number of aryl methyl sites for hydroxylation is 2. The molecule has 2 heterocycles. The number of halogens is 1. The van der Waals surface area contributed by atoms with E-state index in [0.717, 1.165) is 62.6 Å². The number of carbonyl (C=O) groups is 1. The van der Waals surface area contributed by atoms with Crippen LogP contribution >= 0.6 is 0 Å². The lowest BCUT2D eigenvalue weighted by atomic mass is 9.93. The molecule has 0 N–H and O–H groups in total. The predicted molar refractivity (Wildman–Crippen MR) is 135 cm³/mol. The molecule has 6 heteroatoms. The molecule has 1 atom stereocenters. The van der Waals surface area contributed by atoms with Gasteiger partial charge < -0.3 is 14.2 Å². The molecule has 1 amide bonds. The first-order chi connectivity index (χ1) is 16.0. The van der Waals surface area contributed by atoms with Crippen molar-refractivity contribution >= 4 is 30.1 Å². The second kappa shape index (κ2) is 11.0. The molecule has 33 heavy (non-hydrogen) atoms. The van der Waals surface area contributed by atoms with Crippen LogP contribution in [-0.2, 0) is 22.5 Å². The highest BCUT2D eigenvalue weighted by molar-refractivity contribution is 6.32. The van der Waals surface area contributed by atoms with Gasteiger partial charge in [-0.1, -0.05) is 29.7 Å². The molecule has 4 nitrogen and oxygen atoms in total. The van der Waals surface area contributed by atoms with Gasteiger partial charge in [0.1, 0.15) is 13.7 Å². The number of hydrogen-bond acceptors (Lipinski definition) is 2. The maximum atomic E-state index is 14.0. The number of benzene rings is 2. The minimum absolute atomic E-state index is 0.214. The molecule has 1 unspecified atom stereocenters. The van der Waals surface area contributed by atoms with Crippen LogP contribution in [0.3, 0.4) is 0 Å². The summed E-state index contributed by atoms with van der Waals surface area (Å²) in [6, 6.07) is 15.8. The number of carbonyl (C=O) groups excluding carboxylic acids is 1. The summed E-state index contributed by atoms with van der Waals surface area (Å²) < 4.78 is 21.5. The van der Waals surface area contributed by atoms with Crippen LogP contribution in [0.15, 0.2) is 48.5 Å². The quantitative estimate of drug-likeness (QED) is 0.369. The third kappa shape index (κ3) is 5.86. The van der Waals surface area contributed by atoms with Crippen LogP contribution < -0.4 is 5.46 Å². The van der Waals surface area contributed by atoms with Crippen LogP contribution in [0.25, 0.3) is 10.9 Å². The number of hydrogen-bond donors (Lipinski definition) is 0. The van der Waals surface area contributed by atoms with Crippen LogP contribution in [0.5, 0.6) is 0 Å². The van der Waals surface area contributed by atoms with Gasteiger partial charge in [-0.15, -0.1) is 0 Å². The molecule has 1 aliphatic rings. The van der Waals surface area contributed by atoms with Crippen LogP contribution in [0.2, 0.25) is 0 Å². The molecule has 0 aliphatic carbocycles. The molecule has 3 aromatic rings. The van der Waals surface area contributed by atoms with E-state index in [-0.39, 0.29) is 17.6 Å². The maximum Gasteiger partial charge on any atom is 0.222 e. The van der Waals surface area contributed by atoms with Crippen molar-refractivity contribution in [3.8, 4) is 0 Å². The lowest BCUT2D eigenvalue weighted by Gasteiger charge is -2.33. The van der Waals surface area contributed by atoms with Gasteiger partial charge >= 0.3 is 0 Å². The van der Waals surface area contributed by atoms with E-state index in [2.05, 4.69) is 42.7 Å². The minimum Gasteiger partial charge on any atom is -0.385 e. The molecule has 174 valence electrons. The average molecular weight is 448 g/mol. The van der Waals surface area contributed by atoms with E-state index in [1.807, 2.05) is 11.0 Å². The Hall–Kier alpha value is -2.60. The fourth-order valence-electron chi connectivity index (χ4n) is 5.01. The van der Waals surface area contributed by atoms with Crippen molar-refractivity contribution in [1.29, 1.82) is 0 Å². The zero-order valence-electron chi connectivity index (χ0n) is 19.9. The minimum atomic E-state index is -0.214. The molecule has 1 aliphatic heterocycles. The highest BCUT2D eigenvalue weighted by atomic mass is 19.1. The molecule has 1 saturated heterocycles. The van der Waals surface area contributed by atoms with Crippen LogP contribution in [0.1, 0.15) is 49.3 Å². The number of likely N-dealkylation sites (tertiary alicyclic amines) is 1. The average Bonchev–Trinajstić information content (AvgIpc) is 3.18.